The Morgan fingerprint density at radius 1 is 0.615 bits per heavy atom. The summed E-state index contributed by atoms with van der Waals surface area (Å²) in [5.41, 5.74) is 2.64. The molecule has 0 radical (unpaired) electrons. The molecule has 0 aliphatic carbocycles. The van der Waals surface area contributed by atoms with Gasteiger partial charge in [0.15, 0.2) is 0 Å². The third kappa shape index (κ3) is 6.34. The monoisotopic (exact) mass is 532 g/mol. The molecule has 1 unspecified atom stereocenters. The van der Waals surface area contributed by atoms with Crippen molar-refractivity contribution in [2.75, 3.05) is 10.6 Å². The number of carboxylic acids is 1. The zero-order chi connectivity index (χ0) is 27.2. The summed E-state index contributed by atoms with van der Waals surface area (Å²) in [4.78, 5) is 38.3. The SMILES string of the molecule is O=C(O)c1ccc(NC(=O)C(Sc2cccc(NC(=O)c3ccc4ccccc4c3)c2)c2ccccc2)cc1. The summed E-state index contributed by atoms with van der Waals surface area (Å²) in [7, 11) is 0. The van der Waals surface area contributed by atoms with Crippen LogP contribution in [-0.4, -0.2) is 22.9 Å². The van der Waals surface area contributed by atoms with Crippen molar-refractivity contribution in [3.05, 3.63) is 138 Å². The number of benzene rings is 5. The second kappa shape index (κ2) is 11.7. The van der Waals surface area contributed by atoms with E-state index < -0.39 is 11.2 Å². The topological polar surface area (TPSA) is 95.5 Å². The first-order valence-corrected chi connectivity index (χ1v) is 13.1. The summed E-state index contributed by atoms with van der Waals surface area (Å²) in [5, 5.41) is 16.4. The van der Waals surface area contributed by atoms with E-state index in [9.17, 15) is 14.4 Å². The Morgan fingerprint density at radius 3 is 2.05 bits per heavy atom. The van der Waals surface area contributed by atoms with Gasteiger partial charge in [0.05, 0.1) is 5.56 Å². The van der Waals surface area contributed by atoms with Gasteiger partial charge < -0.3 is 15.7 Å². The van der Waals surface area contributed by atoms with Crippen molar-refractivity contribution in [1.82, 2.24) is 0 Å². The van der Waals surface area contributed by atoms with Crippen LogP contribution in [0.1, 0.15) is 31.5 Å². The molecular weight excluding hydrogens is 508 g/mol. The van der Waals surface area contributed by atoms with Gasteiger partial charge in [0, 0.05) is 21.8 Å². The molecule has 3 N–H and O–H groups in total. The molecule has 5 rings (SSSR count). The molecule has 7 heteroatoms. The maximum absolute atomic E-state index is 13.4. The Bertz CT molecular complexity index is 1650. The Morgan fingerprint density at radius 2 is 1.31 bits per heavy atom. The number of amides is 2. The van der Waals surface area contributed by atoms with E-state index >= 15 is 0 Å². The molecule has 2 amide bonds. The number of nitrogens with one attached hydrogen (secondary N) is 2. The Labute approximate surface area is 229 Å². The maximum atomic E-state index is 13.4. The number of hydrogen-bond acceptors (Lipinski definition) is 4. The van der Waals surface area contributed by atoms with Gasteiger partial charge in [0.25, 0.3) is 5.91 Å². The highest BCUT2D eigenvalue weighted by Crippen LogP contribution is 2.37. The summed E-state index contributed by atoms with van der Waals surface area (Å²) < 4.78 is 0. The first-order valence-electron chi connectivity index (χ1n) is 12.2. The minimum atomic E-state index is -1.03. The fourth-order valence-corrected chi connectivity index (χ4v) is 5.21. The molecule has 1 atom stereocenters. The molecule has 0 spiro atoms. The maximum Gasteiger partial charge on any atom is 0.335 e. The van der Waals surface area contributed by atoms with Crippen LogP contribution in [0.2, 0.25) is 0 Å². The lowest BCUT2D eigenvalue weighted by Gasteiger charge is -2.18. The van der Waals surface area contributed by atoms with Crippen molar-refractivity contribution in [3.8, 4) is 0 Å². The van der Waals surface area contributed by atoms with E-state index in [1.807, 2.05) is 91.0 Å². The van der Waals surface area contributed by atoms with Crippen molar-refractivity contribution in [1.29, 1.82) is 0 Å². The molecule has 0 aliphatic heterocycles. The van der Waals surface area contributed by atoms with Gasteiger partial charge in [-0.25, -0.2) is 4.79 Å². The standard InChI is InChI=1S/C32H24N2O4S/c35-30(25-14-13-21-7-4-5-10-24(21)19-25)34-27-11-6-12-28(20-27)39-29(22-8-2-1-3-9-22)31(36)33-26-17-15-23(16-18-26)32(37)38/h1-20,29H,(H,33,36)(H,34,35)(H,37,38). The normalized spacial score (nSPS) is 11.5. The average molecular weight is 533 g/mol. The van der Waals surface area contributed by atoms with Gasteiger partial charge in [0.1, 0.15) is 5.25 Å². The first-order chi connectivity index (χ1) is 19.0. The summed E-state index contributed by atoms with van der Waals surface area (Å²) in [6, 6.07) is 36.3. The van der Waals surface area contributed by atoms with Gasteiger partial charge in [-0.3, -0.25) is 9.59 Å². The predicted octanol–water partition coefficient (Wildman–Crippen LogP) is 7.26. The third-order valence-corrected chi connectivity index (χ3v) is 7.35. The van der Waals surface area contributed by atoms with Gasteiger partial charge >= 0.3 is 5.97 Å². The van der Waals surface area contributed by atoms with Crippen LogP contribution in [0.25, 0.3) is 10.8 Å². The summed E-state index contributed by atoms with van der Waals surface area (Å²) in [5.74, 6) is -1.50. The average Bonchev–Trinajstić information content (AvgIpc) is 2.96. The number of carbonyl (C=O) groups excluding carboxylic acids is 2. The number of thioether (sulfide) groups is 1. The number of aromatic carboxylic acids is 1. The highest BCUT2D eigenvalue weighted by molar-refractivity contribution is 8.00. The highest BCUT2D eigenvalue weighted by atomic mass is 32.2. The minimum Gasteiger partial charge on any atom is -0.478 e. The number of anilines is 2. The molecule has 5 aromatic carbocycles. The van der Waals surface area contributed by atoms with Crippen LogP contribution >= 0.6 is 11.8 Å². The van der Waals surface area contributed by atoms with Gasteiger partial charge in [0.2, 0.25) is 5.91 Å². The lowest BCUT2D eigenvalue weighted by molar-refractivity contribution is -0.115. The predicted molar refractivity (Wildman–Crippen MR) is 155 cm³/mol. The van der Waals surface area contributed by atoms with Crippen LogP contribution in [-0.2, 0) is 4.79 Å². The molecule has 0 saturated heterocycles. The fraction of sp³-hybridized carbons (Fsp3) is 0.0312. The third-order valence-electron chi connectivity index (χ3n) is 6.10. The molecule has 0 bridgehead atoms. The molecule has 0 fully saturated rings. The molecular formula is C32H24N2O4S. The number of carboxylic acid groups (broad SMARTS) is 1. The number of fused-ring (bicyclic) bond motifs is 1. The van der Waals surface area contributed by atoms with E-state index in [2.05, 4.69) is 10.6 Å². The van der Waals surface area contributed by atoms with Crippen molar-refractivity contribution >= 4 is 51.7 Å². The Hall–Kier alpha value is -4.88. The number of carbonyl (C=O) groups is 3. The van der Waals surface area contributed by atoms with Crippen molar-refractivity contribution in [2.24, 2.45) is 0 Å². The fourth-order valence-electron chi connectivity index (χ4n) is 4.12. The molecule has 0 saturated carbocycles. The summed E-state index contributed by atoms with van der Waals surface area (Å²) >= 11 is 1.36. The van der Waals surface area contributed by atoms with E-state index in [1.165, 1.54) is 23.9 Å². The van der Waals surface area contributed by atoms with Crippen LogP contribution in [0.15, 0.2) is 126 Å². The second-order valence-corrected chi connectivity index (χ2v) is 10.0. The first kappa shape index (κ1) is 25.8. The van der Waals surface area contributed by atoms with Crippen LogP contribution in [0.3, 0.4) is 0 Å². The summed E-state index contributed by atoms with van der Waals surface area (Å²) in [6.45, 7) is 0. The lowest BCUT2D eigenvalue weighted by Crippen LogP contribution is -2.19. The van der Waals surface area contributed by atoms with Crippen LogP contribution in [0.5, 0.6) is 0 Å². The van der Waals surface area contributed by atoms with Crippen LogP contribution in [0.4, 0.5) is 11.4 Å². The summed E-state index contributed by atoms with van der Waals surface area (Å²) in [6.07, 6.45) is 0. The quantitative estimate of drug-likeness (QED) is 0.183. The Balaban J connectivity index is 1.34. The molecule has 5 aromatic rings. The van der Waals surface area contributed by atoms with Gasteiger partial charge in [-0.15, -0.1) is 11.8 Å². The van der Waals surface area contributed by atoms with Crippen molar-refractivity contribution in [3.63, 3.8) is 0 Å². The van der Waals surface area contributed by atoms with E-state index in [1.54, 1.807) is 18.2 Å². The molecule has 0 aromatic heterocycles. The minimum absolute atomic E-state index is 0.143. The lowest BCUT2D eigenvalue weighted by atomic mass is 10.1. The van der Waals surface area contributed by atoms with E-state index in [0.717, 1.165) is 21.2 Å². The number of rotatable bonds is 8. The van der Waals surface area contributed by atoms with Gasteiger partial charge in [-0.1, -0.05) is 66.7 Å². The molecule has 0 heterocycles. The molecule has 192 valence electrons. The zero-order valence-electron chi connectivity index (χ0n) is 20.7. The van der Waals surface area contributed by atoms with Crippen LogP contribution in [0, 0.1) is 0 Å². The zero-order valence-corrected chi connectivity index (χ0v) is 21.5. The molecule has 0 aliphatic rings. The van der Waals surface area contributed by atoms with Crippen molar-refractivity contribution < 1.29 is 19.5 Å². The van der Waals surface area contributed by atoms with Gasteiger partial charge in [-0.05, 0) is 70.9 Å². The van der Waals surface area contributed by atoms with E-state index in [-0.39, 0.29) is 17.4 Å². The second-order valence-electron chi connectivity index (χ2n) is 8.82. The van der Waals surface area contributed by atoms with E-state index in [0.29, 0.717) is 16.9 Å². The highest BCUT2D eigenvalue weighted by Gasteiger charge is 2.22. The van der Waals surface area contributed by atoms with Crippen LogP contribution < -0.4 is 10.6 Å². The largest absolute Gasteiger partial charge is 0.478 e. The van der Waals surface area contributed by atoms with Crippen molar-refractivity contribution in [2.45, 2.75) is 10.1 Å². The number of hydrogen-bond donors (Lipinski definition) is 3. The molecule has 39 heavy (non-hydrogen) atoms. The van der Waals surface area contributed by atoms with Gasteiger partial charge in [-0.2, -0.15) is 0 Å². The Kier molecular flexibility index (Phi) is 7.70. The smallest absolute Gasteiger partial charge is 0.335 e. The molecule has 6 nitrogen and oxygen atoms in total. The van der Waals surface area contributed by atoms with E-state index in [4.69, 9.17) is 5.11 Å².